The van der Waals surface area contributed by atoms with Crippen LogP contribution in [0.2, 0.25) is 0 Å². The average Bonchev–Trinajstić information content (AvgIpc) is 2.77. The standard InChI is InChI=1S/C16H17NO3S/c1-9-5-7-12(8-6-9)17-15-13(11(3)18)10(2)14(21-15)16(19)20-4/h5-8,17H,1-4H3. The number of hydrogen-bond acceptors (Lipinski definition) is 5. The number of ketones is 1. The van der Waals surface area contributed by atoms with Gasteiger partial charge in [-0.3, -0.25) is 4.79 Å². The monoisotopic (exact) mass is 303 g/mol. The summed E-state index contributed by atoms with van der Waals surface area (Å²) in [5, 5.41) is 3.88. The quantitative estimate of drug-likeness (QED) is 0.682. The highest BCUT2D eigenvalue weighted by molar-refractivity contribution is 7.18. The molecule has 1 heterocycles. The number of anilines is 2. The Labute approximate surface area is 127 Å². The van der Waals surface area contributed by atoms with Gasteiger partial charge in [-0.15, -0.1) is 11.3 Å². The lowest BCUT2D eigenvalue weighted by molar-refractivity contribution is 0.0605. The number of Topliss-reactive ketones (excluding diaryl/α,β-unsaturated/α-hetero) is 1. The maximum atomic E-state index is 11.9. The number of esters is 1. The molecule has 0 aliphatic carbocycles. The molecule has 0 aliphatic rings. The number of nitrogens with one attached hydrogen (secondary N) is 1. The first-order valence-electron chi connectivity index (χ1n) is 6.50. The van der Waals surface area contributed by atoms with Crippen LogP contribution in [-0.4, -0.2) is 18.9 Å². The molecule has 1 aromatic carbocycles. The van der Waals surface area contributed by atoms with Gasteiger partial charge < -0.3 is 10.1 Å². The normalized spacial score (nSPS) is 10.3. The average molecular weight is 303 g/mol. The van der Waals surface area contributed by atoms with Crippen molar-refractivity contribution in [2.45, 2.75) is 20.8 Å². The van der Waals surface area contributed by atoms with Gasteiger partial charge in [-0.1, -0.05) is 17.7 Å². The van der Waals surface area contributed by atoms with Crippen LogP contribution in [0.15, 0.2) is 24.3 Å². The maximum absolute atomic E-state index is 11.9. The van der Waals surface area contributed by atoms with Crippen LogP contribution in [-0.2, 0) is 4.74 Å². The van der Waals surface area contributed by atoms with Gasteiger partial charge in [0.15, 0.2) is 5.78 Å². The Balaban J connectivity index is 2.44. The molecule has 21 heavy (non-hydrogen) atoms. The van der Waals surface area contributed by atoms with Crippen molar-refractivity contribution in [1.82, 2.24) is 0 Å². The summed E-state index contributed by atoms with van der Waals surface area (Å²) in [6.45, 7) is 5.27. The zero-order valence-electron chi connectivity index (χ0n) is 12.4. The number of rotatable bonds is 4. The second-order valence-electron chi connectivity index (χ2n) is 4.80. The van der Waals surface area contributed by atoms with Crippen molar-refractivity contribution in [1.29, 1.82) is 0 Å². The number of benzene rings is 1. The number of methoxy groups -OCH3 is 1. The summed E-state index contributed by atoms with van der Waals surface area (Å²) in [5.41, 5.74) is 3.24. The minimum atomic E-state index is -0.419. The third-order valence-corrected chi connectivity index (χ3v) is 4.37. The first-order chi connectivity index (χ1) is 9.93. The Bertz CT molecular complexity index is 686. The molecule has 0 atom stereocenters. The van der Waals surface area contributed by atoms with E-state index in [1.807, 2.05) is 31.2 Å². The number of carbonyl (C=O) groups excluding carboxylic acids is 2. The Hall–Kier alpha value is -2.14. The van der Waals surface area contributed by atoms with Crippen LogP contribution in [0.1, 0.15) is 38.1 Å². The second-order valence-corrected chi connectivity index (χ2v) is 5.82. The van der Waals surface area contributed by atoms with Gasteiger partial charge in [0.1, 0.15) is 9.88 Å². The molecular weight excluding hydrogens is 286 g/mol. The number of hydrogen-bond donors (Lipinski definition) is 1. The Morgan fingerprint density at radius 1 is 1.14 bits per heavy atom. The molecule has 1 aromatic heterocycles. The number of thiophene rings is 1. The molecule has 0 fully saturated rings. The van der Waals surface area contributed by atoms with Gasteiger partial charge in [0.05, 0.1) is 12.7 Å². The van der Waals surface area contributed by atoms with Gasteiger partial charge >= 0.3 is 5.97 Å². The third-order valence-electron chi connectivity index (χ3n) is 3.18. The minimum absolute atomic E-state index is 0.0754. The fourth-order valence-corrected chi connectivity index (χ4v) is 3.27. The Morgan fingerprint density at radius 3 is 2.29 bits per heavy atom. The zero-order chi connectivity index (χ0) is 15.6. The van der Waals surface area contributed by atoms with Crippen LogP contribution in [0.4, 0.5) is 10.7 Å². The van der Waals surface area contributed by atoms with Crippen LogP contribution < -0.4 is 5.32 Å². The molecule has 0 aliphatic heterocycles. The van der Waals surface area contributed by atoms with Gasteiger partial charge in [-0.25, -0.2) is 4.79 Å². The molecule has 2 aromatic rings. The lowest BCUT2D eigenvalue weighted by Gasteiger charge is -2.06. The molecule has 1 N–H and O–H groups in total. The van der Waals surface area contributed by atoms with Crippen molar-refractivity contribution < 1.29 is 14.3 Å². The highest BCUT2D eigenvalue weighted by atomic mass is 32.1. The van der Waals surface area contributed by atoms with Crippen LogP contribution in [0.5, 0.6) is 0 Å². The van der Waals surface area contributed by atoms with E-state index in [1.165, 1.54) is 25.4 Å². The zero-order valence-corrected chi connectivity index (χ0v) is 13.3. The van der Waals surface area contributed by atoms with E-state index < -0.39 is 5.97 Å². The highest BCUT2D eigenvalue weighted by Crippen LogP contribution is 2.35. The van der Waals surface area contributed by atoms with Crippen molar-refractivity contribution in [2.24, 2.45) is 0 Å². The molecule has 4 nitrogen and oxygen atoms in total. The van der Waals surface area contributed by atoms with E-state index >= 15 is 0 Å². The van der Waals surface area contributed by atoms with Crippen molar-refractivity contribution in [3.63, 3.8) is 0 Å². The summed E-state index contributed by atoms with van der Waals surface area (Å²) in [6, 6.07) is 7.84. The van der Waals surface area contributed by atoms with Gasteiger partial charge in [0, 0.05) is 5.69 Å². The van der Waals surface area contributed by atoms with Gasteiger partial charge in [0.25, 0.3) is 0 Å². The molecule has 0 bridgehead atoms. The fraction of sp³-hybridized carbons (Fsp3) is 0.250. The summed E-state index contributed by atoms with van der Waals surface area (Å²) in [5.74, 6) is -0.495. The van der Waals surface area contributed by atoms with E-state index in [4.69, 9.17) is 4.74 Å². The smallest absolute Gasteiger partial charge is 0.348 e. The van der Waals surface area contributed by atoms with Crippen LogP contribution in [0, 0.1) is 13.8 Å². The van der Waals surface area contributed by atoms with Gasteiger partial charge in [0.2, 0.25) is 0 Å². The molecule has 5 heteroatoms. The van der Waals surface area contributed by atoms with Gasteiger partial charge in [-0.2, -0.15) is 0 Å². The molecule has 0 radical (unpaired) electrons. The molecule has 0 amide bonds. The van der Waals surface area contributed by atoms with E-state index in [-0.39, 0.29) is 5.78 Å². The fourth-order valence-electron chi connectivity index (χ4n) is 2.08. The lowest BCUT2D eigenvalue weighted by atomic mass is 10.1. The Kier molecular flexibility index (Phi) is 4.43. The van der Waals surface area contributed by atoms with Gasteiger partial charge in [-0.05, 0) is 38.5 Å². The highest BCUT2D eigenvalue weighted by Gasteiger charge is 2.23. The second kappa shape index (κ2) is 6.10. The lowest BCUT2D eigenvalue weighted by Crippen LogP contribution is -2.02. The first-order valence-corrected chi connectivity index (χ1v) is 7.32. The summed E-state index contributed by atoms with van der Waals surface area (Å²) in [6.07, 6.45) is 0. The summed E-state index contributed by atoms with van der Waals surface area (Å²) < 4.78 is 4.76. The molecule has 110 valence electrons. The molecule has 0 unspecified atom stereocenters. The maximum Gasteiger partial charge on any atom is 0.348 e. The van der Waals surface area contributed by atoms with Crippen molar-refractivity contribution in [2.75, 3.05) is 12.4 Å². The van der Waals surface area contributed by atoms with Crippen molar-refractivity contribution >= 4 is 33.8 Å². The number of aryl methyl sites for hydroxylation is 1. The number of ether oxygens (including phenoxy) is 1. The predicted octanol–water partition coefficient (Wildman–Crippen LogP) is 4.10. The largest absolute Gasteiger partial charge is 0.465 e. The van der Waals surface area contributed by atoms with E-state index in [0.717, 1.165) is 11.3 Å². The SMILES string of the molecule is COC(=O)c1sc(Nc2ccc(C)cc2)c(C(C)=O)c1C. The minimum Gasteiger partial charge on any atom is -0.465 e. The first kappa shape index (κ1) is 15.3. The van der Waals surface area contributed by atoms with Crippen molar-refractivity contribution in [3.8, 4) is 0 Å². The third kappa shape index (κ3) is 3.13. The molecular formula is C16H17NO3S. The Morgan fingerprint density at radius 2 is 1.76 bits per heavy atom. The van der Waals surface area contributed by atoms with E-state index in [9.17, 15) is 9.59 Å². The molecule has 0 saturated heterocycles. The van der Waals surface area contributed by atoms with Crippen LogP contribution in [0.25, 0.3) is 0 Å². The van der Waals surface area contributed by atoms with Crippen LogP contribution >= 0.6 is 11.3 Å². The van der Waals surface area contributed by atoms with Crippen LogP contribution in [0.3, 0.4) is 0 Å². The summed E-state index contributed by atoms with van der Waals surface area (Å²) >= 11 is 1.24. The molecule has 2 rings (SSSR count). The summed E-state index contributed by atoms with van der Waals surface area (Å²) in [4.78, 5) is 24.1. The number of carbonyl (C=O) groups is 2. The molecule has 0 saturated carbocycles. The van der Waals surface area contributed by atoms with E-state index in [2.05, 4.69) is 5.32 Å². The molecule has 0 spiro atoms. The summed E-state index contributed by atoms with van der Waals surface area (Å²) in [7, 11) is 1.34. The van der Waals surface area contributed by atoms with E-state index in [1.54, 1.807) is 6.92 Å². The topological polar surface area (TPSA) is 55.4 Å². The predicted molar refractivity (Wildman–Crippen MR) is 84.9 cm³/mol. The van der Waals surface area contributed by atoms with Crippen molar-refractivity contribution in [3.05, 3.63) is 45.8 Å². The van der Waals surface area contributed by atoms with E-state index in [0.29, 0.717) is 21.0 Å².